The van der Waals surface area contributed by atoms with Gasteiger partial charge in [-0.05, 0) is 52.1 Å². The Morgan fingerprint density at radius 2 is 1.56 bits per heavy atom. The number of nitrogens with zero attached hydrogens (tertiary/aromatic N) is 1. The van der Waals surface area contributed by atoms with E-state index in [4.69, 9.17) is 0 Å². The molecular formula is C16H36N2. The smallest absolute Gasteiger partial charge is 0.00967 e. The molecule has 0 heterocycles. The highest BCUT2D eigenvalue weighted by atomic mass is 15.1. The van der Waals surface area contributed by atoms with Crippen LogP contribution in [0, 0.1) is 5.41 Å². The minimum atomic E-state index is 0.219. The van der Waals surface area contributed by atoms with E-state index in [0.29, 0.717) is 5.41 Å². The molecule has 1 atom stereocenters. The number of nitrogens with one attached hydrogen (secondary N) is 1. The van der Waals surface area contributed by atoms with E-state index in [1.807, 2.05) is 0 Å². The zero-order chi connectivity index (χ0) is 14.2. The zero-order valence-electron chi connectivity index (χ0n) is 13.9. The summed E-state index contributed by atoms with van der Waals surface area (Å²) in [6, 6.07) is 0. The molecule has 0 saturated carbocycles. The largest absolute Gasteiger partial charge is 0.311 e. The van der Waals surface area contributed by atoms with Crippen LogP contribution in [0.2, 0.25) is 0 Å². The van der Waals surface area contributed by atoms with Gasteiger partial charge in [-0.1, -0.05) is 34.1 Å². The van der Waals surface area contributed by atoms with Gasteiger partial charge >= 0.3 is 0 Å². The first kappa shape index (κ1) is 17.9. The molecule has 0 aromatic carbocycles. The van der Waals surface area contributed by atoms with Crippen LogP contribution in [-0.4, -0.2) is 36.6 Å². The fourth-order valence-electron chi connectivity index (χ4n) is 2.51. The van der Waals surface area contributed by atoms with Crippen LogP contribution >= 0.6 is 0 Å². The zero-order valence-corrected chi connectivity index (χ0v) is 13.9. The molecule has 0 bridgehead atoms. The highest BCUT2D eigenvalue weighted by Gasteiger charge is 2.27. The molecular weight excluding hydrogens is 220 g/mol. The molecule has 0 radical (unpaired) electrons. The van der Waals surface area contributed by atoms with Crippen LogP contribution < -0.4 is 5.32 Å². The van der Waals surface area contributed by atoms with Crippen molar-refractivity contribution in [3.05, 3.63) is 0 Å². The first-order valence-electron chi connectivity index (χ1n) is 7.73. The Morgan fingerprint density at radius 1 is 0.944 bits per heavy atom. The third-order valence-corrected chi connectivity index (χ3v) is 3.49. The van der Waals surface area contributed by atoms with Gasteiger partial charge in [0.25, 0.3) is 0 Å². The Bertz CT molecular complexity index is 208. The summed E-state index contributed by atoms with van der Waals surface area (Å²) >= 11 is 0. The predicted molar refractivity (Wildman–Crippen MR) is 83.2 cm³/mol. The molecule has 18 heavy (non-hydrogen) atoms. The second-order valence-electron chi connectivity index (χ2n) is 7.03. The Balaban J connectivity index is 4.48. The van der Waals surface area contributed by atoms with Crippen LogP contribution in [0.1, 0.15) is 67.7 Å². The Morgan fingerprint density at radius 3 is 1.94 bits per heavy atom. The van der Waals surface area contributed by atoms with Crippen LogP contribution in [0.3, 0.4) is 0 Å². The molecule has 0 rings (SSSR count). The highest BCUT2D eigenvalue weighted by Crippen LogP contribution is 2.25. The maximum atomic E-state index is 3.69. The first-order valence-corrected chi connectivity index (χ1v) is 7.73. The first-order chi connectivity index (χ1) is 8.26. The maximum absolute atomic E-state index is 3.69. The number of hydrogen-bond donors (Lipinski definition) is 1. The lowest BCUT2D eigenvalue weighted by molar-refractivity contribution is 0.145. The van der Waals surface area contributed by atoms with Gasteiger partial charge in [0.2, 0.25) is 0 Å². The van der Waals surface area contributed by atoms with E-state index < -0.39 is 0 Å². The number of rotatable bonds is 9. The average molecular weight is 256 g/mol. The molecule has 0 aliphatic rings. The average Bonchev–Trinajstić information content (AvgIpc) is 2.25. The summed E-state index contributed by atoms with van der Waals surface area (Å²) < 4.78 is 0. The molecule has 1 unspecified atom stereocenters. The summed E-state index contributed by atoms with van der Waals surface area (Å²) in [7, 11) is 0. The van der Waals surface area contributed by atoms with Crippen molar-refractivity contribution < 1.29 is 0 Å². The van der Waals surface area contributed by atoms with Gasteiger partial charge in [0.05, 0.1) is 0 Å². The van der Waals surface area contributed by atoms with Crippen molar-refractivity contribution in [3.63, 3.8) is 0 Å². The summed E-state index contributed by atoms with van der Waals surface area (Å²) in [6.07, 6.45) is 3.82. The molecule has 0 amide bonds. The monoisotopic (exact) mass is 256 g/mol. The Labute approximate surface area is 116 Å². The second kappa shape index (κ2) is 8.16. The minimum absolute atomic E-state index is 0.219. The van der Waals surface area contributed by atoms with E-state index in [2.05, 4.69) is 58.7 Å². The van der Waals surface area contributed by atoms with E-state index in [1.165, 1.54) is 38.9 Å². The summed E-state index contributed by atoms with van der Waals surface area (Å²) in [5, 5.41) is 3.69. The van der Waals surface area contributed by atoms with Gasteiger partial charge in [0, 0.05) is 18.6 Å². The molecule has 2 heteroatoms. The van der Waals surface area contributed by atoms with Gasteiger partial charge in [-0.2, -0.15) is 0 Å². The Hall–Kier alpha value is -0.0800. The van der Waals surface area contributed by atoms with Gasteiger partial charge in [0.15, 0.2) is 0 Å². The van der Waals surface area contributed by atoms with Gasteiger partial charge < -0.3 is 10.2 Å². The molecule has 110 valence electrons. The lowest BCUT2D eigenvalue weighted by atomic mass is 9.84. The van der Waals surface area contributed by atoms with Crippen LogP contribution in [-0.2, 0) is 0 Å². The van der Waals surface area contributed by atoms with Gasteiger partial charge in [-0.3, -0.25) is 0 Å². The van der Waals surface area contributed by atoms with Crippen LogP contribution in [0.4, 0.5) is 0 Å². The molecule has 0 fully saturated rings. The molecule has 1 N–H and O–H groups in total. The van der Waals surface area contributed by atoms with Crippen molar-refractivity contribution in [2.45, 2.75) is 73.3 Å². The molecule has 0 spiro atoms. The van der Waals surface area contributed by atoms with Crippen LogP contribution in [0.25, 0.3) is 0 Å². The molecule has 0 saturated heterocycles. The second-order valence-corrected chi connectivity index (χ2v) is 7.03. The maximum Gasteiger partial charge on any atom is 0.00967 e. The lowest BCUT2D eigenvalue weighted by Crippen LogP contribution is -2.47. The summed E-state index contributed by atoms with van der Waals surface area (Å²) in [5.41, 5.74) is 0.615. The summed E-state index contributed by atoms with van der Waals surface area (Å²) in [5.74, 6) is 0. The van der Waals surface area contributed by atoms with E-state index in [1.54, 1.807) is 0 Å². The molecule has 0 aromatic rings. The third kappa shape index (κ3) is 8.10. The minimum Gasteiger partial charge on any atom is -0.311 e. The molecule has 0 aromatic heterocycles. The topological polar surface area (TPSA) is 15.3 Å². The van der Waals surface area contributed by atoms with Crippen molar-refractivity contribution >= 4 is 0 Å². The molecule has 2 nitrogen and oxygen atoms in total. The van der Waals surface area contributed by atoms with E-state index >= 15 is 0 Å². The molecule has 0 aliphatic carbocycles. The van der Waals surface area contributed by atoms with Gasteiger partial charge in [-0.15, -0.1) is 0 Å². The van der Waals surface area contributed by atoms with Crippen molar-refractivity contribution in [2.24, 2.45) is 5.41 Å². The standard InChI is InChI=1S/C16H36N2/c1-8-11-16(7,13-17-15(4,5)6)14-18(10-3)12-9-2/h17H,8-14H2,1-7H3. The quantitative estimate of drug-likeness (QED) is 0.673. The van der Waals surface area contributed by atoms with E-state index in [9.17, 15) is 0 Å². The highest BCUT2D eigenvalue weighted by molar-refractivity contribution is 4.83. The predicted octanol–water partition coefficient (Wildman–Crippen LogP) is 3.91. The van der Waals surface area contributed by atoms with Crippen LogP contribution in [0.15, 0.2) is 0 Å². The number of hydrogen-bond acceptors (Lipinski definition) is 2. The van der Waals surface area contributed by atoms with Crippen molar-refractivity contribution in [2.75, 3.05) is 26.2 Å². The Kier molecular flexibility index (Phi) is 8.13. The fourth-order valence-corrected chi connectivity index (χ4v) is 2.51. The van der Waals surface area contributed by atoms with Crippen LogP contribution in [0.5, 0.6) is 0 Å². The summed E-state index contributed by atoms with van der Waals surface area (Å²) in [4.78, 5) is 2.60. The SMILES string of the molecule is CCCN(CC)CC(C)(CCC)CNC(C)(C)C. The van der Waals surface area contributed by atoms with E-state index in [-0.39, 0.29) is 5.54 Å². The van der Waals surface area contributed by atoms with Gasteiger partial charge in [0.1, 0.15) is 0 Å². The molecule has 0 aliphatic heterocycles. The van der Waals surface area contributed by atoms with Crippen molar-refractivity contribution in [3.8, 4) is 0 Å². The van der Waals surface area contributed by atoms with E-state index in [0.717, 1.165) is 6.54 Å². The lowest BCUT2D eigenvalue weighted by Gasteiger charge is -2.37. The van der Waals surface area contributed by atoms with Gasteiger partial charge in [-0.25, -0.2) is 0 Å². The third-order valence-electron chi connectivity index (χ3n) is 3.49. The van der Waals surface area contributed by atoms with Crippen molar-refractivity contribution in [1.29, 1.82) is 0 Å². The normalized spacial score (nSPS) is 16.0. The fraction of sp³-hybridized carbons (Fsp3) is 1.00. The summed E-state index contributed by atoms with van der Waals surface area (Å²) in [6.45, 7) is 20.8. The van der Waals surface area contributed by atoms with Crippen molar-refractivity contribution in [1.82, 2.24) is 10.2 Å².